The van der Waals surface area contributed by atoms with Gasteiger partial charge < -0.3 is 0 Å². The summed E-state index contributed by atoms with van der Waals surface area (Å²) >= 11 is 1.28. The molecule has 7 nitrogen and oxygen atoms in total. The third-order valence-electron chi connectivity index (χ3n) is 3.20. The Bertz CT molecular complexity index is 773. The number of carbonyl (C=O) groups excluding carboxylic acids is 1. The van der Waals surface area contributed by atoms with Gasteiger partial charge in [0.2, 0.25) is 15.9 Å². The predicted octanol–water partition coefficient (Wildman–Crippen LogP) is 0.599. The number of pyridine rings is 1. The molecule has 1 atom stereocenters. The number of thiazole rings is 1. The second-order valence-electron chi connectivity index (χ2n) is 4.65. The Hall–Kier alpha value is -1.84. The molecule has 1 saturated heterocycles. The van der Waals surface area contributed by atoms with Crippen molar-refractivity contribution in [3.63, 3.8) is 0 Å². The van der Waals surface area contributed by atoms with Gasteiger partial charge in [-0.05, 0) is 12.1 Å². The monoisotopic (exact) mass is 324 g/mol. The number of nitrogens with zero attached hydrogens (tertiary/aromatic N) is 3. The zero-order valence-corrected chi connectivity index (χ0v) is 12.5. The second kappa shape index (κ2) is 5.17. The molecule has 0 spiro atoms. The number of carbonyl (C=O) groups is 1. The Morgan fingerprint density at radius 1 is 1.33 bits per heavy atom. The van der Waals surface area contributed by atoms with E-state index in [9.17, 15) is 13.2 Å². The van der Waals surface area contributed by atoms with Crippen LogP contribution in [0.25, 0.3) is 11.4 Å². The minimum atomic E-state index is -3.72. The molecule has 0 aromatic carbocycles. The summed E-state index contributed by atoms with van der Waals surface area (Å²) in [6.07, 6.45) is 1.56. The average molecular weight is 324 g/mol. The number of sulfonamides is 1. The highest BCUT2D eigenvalue weighted by molar-refractivity contribution is 7.89. The molecular formula is C12H12N4O3S2. The van der Waals surface area contributed by atoms with Gasteiger partial charge in [0.1, 0.15) is 10.9 Å². The van der Waals surface area contributed by atoms with Crippen molar-refractivity contribution in [3.05, 3.63) is 29.8 Å². The summed E-state index contributed by atoms with van der Waals surface area (Å²) in [4.78, 5) is 21.8. The number of nitrogens with two attached hydrogens (primary N) is 1. The fourth-order valence-electron chi connectivity index (χ4n) is 2.10. The molecule has 2 N–H and O–H groups in total. The first-order chi connectivity index (χ1) is 9.95. The lowest BCUT2D eigenvalue weighted by Crippen LogP contribution is -2.32. The summed E-state index contributed by atoms with van der Waals surface area (Å²) in [5.74, 6) is -0.282. The molecule has 1 fully saturated rings. The lowest BCUT2D eigenvalue weighted by molar-refractivity contribution is -0.117. The maximum absolute atomic E-state index is 11.9. The van der Waals surface area contributed by atoms with Gasteiger partial charge in [0.05, 0.1) is 5.69 Å². The van der Waals surface area contributed by atoms with Crippen molar-refractivity contribution in [1.29, 1.82) is 0 Å². The van der Waals surface area contributed by atoms with Crippen molar-refractivity contribution >= 4 is 32.4 Å². The van der Waals surface area contributed by atoms with Crippen LogP contribution in [0.15, 0.2) is 29.8 Å². The molecular weight excluding hydrogens is 312 g/mol. The smallest absolute Gasteiger partial charge is 0.230 e. The van der Waals surface area contributed by atoms with Gasteiger partial charge in [-0.2, -0.15) is 0 Å². The lowest BCUT2D eigenvalue weighted by atomic mass is 10.3. The number of rotatable bonds is 3. The topological polar surface area (TPSA) is 106 Å². The maximum atomic E-state index is 11.9. The summed E-state index contributed by atoms with van der Waals surface area (Å²) in [6, 6.07) is 5.47. The van der Waals surface area contributed by atoms with E-state index >= 15 is 0 Å². The highest BCUT2D eigenvalue weighted by Crippen LogP contribution is 2.30. The number of anilines is 1. The van der Waals surface area contributed by atoms with Gasteiger partial charge in [-0.25, -0.2) is 18.5 Å². The molecule has 1 aliphatic rings. The Morgan fingerprint density at radius 2 is 2.14 bits per heavy atom. The largest absolute Gasteiger partial charge is 0.287 e. The van der Waals surface area contributed by atoms with Crippen LogP contribution < -0.4 is 10.0 Å². The second-order valence-corrected chi connectivity index (χ2v) is 7.33. The molecule has 3 rings (SSSR count). The molecule has 9 heteroatoms. The minimum Gasteiger partial charge on any atom is -0.287 e. The molecule has 1 amide bonds. The van der Waals surface area contributed by atoms with Crippen molar-refractivity contribution in [2.24, 2.45) is 5.14 Å². The Kier molecular flexibility index (Phi) is 3.47. The Balaban J connectivity index is 1.86. The fourth-order valence-corrected chi connectivity index (χ4v) is 3.68. The molecule has 2 aromatic heterocycles. The molecule has 1 unspecified atom stereocenters. The fraction of sp³-hybridized carbons (Fsp3) is 0.250. The zero-order chi connectivity index (χ0) is 15.0. The van der Waals surface area contributed by atoms with E-state index in [1.807, 2.05) is 12.1 Å². The highest BCUT2D eigenvalue weighted by atomic mass is 32.2. The summed E-state index contributed by atoms with van der Waals surface area (Å²) in [7, 11) is -3.72. The predicted molar refractivity (Wildman–Crippen MR) is 79.2 cm³/mol. The standard InChI is InChI=1S/C12H12N4O3S2/c13-21(18,19)8-5-11(17)16(6-8)12-15-10(7-20-12)9-3-1-2-4-14-9/h1-4,7-8H,5-6H2,(H2,13,18,19). The molecule has 1 aliphatic heterocycles. The van der Waals surface area contributed by atoms with E-state index in [0.29, 0.717) is 16.5 Å². The summed E-state index contributed by atoms with van der Waals surface area (Å²) in [6.45, 7) is 0.0485. The van der Waals surface area contributed by atoms with E-state index in [1.54, 1.807) is 17.6 Å². The van der Waals surface area contributed by atoms with Crippen LogP contribution in [0.2, 0.25) is 0 Å². The van der Waals surface area contributed by atoms with Gasteiger partial charge in [-0.3, -0.25) is 14.7 Å². The zero-order valence-electron chi connectivity index (χ0n) is 10.8. The third-order valence-corrected chi connectivity index (χ3v) is 5.31. The number of aromatic nitrogens is 2. The van der Waals surface area contributed by atoms with Gasteiger partial charge in [0.25, 0.3) is 0 Å². The van der Waals surface area contributed by atoms with Gasteiger partial charge in [0, 0.05) is 24.5 Å². The van der Waals surface area contributed by atoms with E-state index < -0.39 is 15.3 Å². The van der Waals surface area contributed by atoms with Crippen LogP contribution in [0.4, 0.5) is 5.13 Å². The van der Waals surface area contributed by atoms with Gasteiger partial charge in [-0.1, -0.05) is 6.07 Å². The van der Waals surface area contributed by atoms with Crippen molar-refractivity contribution in [3.8, 4) is 11.4 Å². The van der Waals surface area contributed by atoms with Crippen LogP contribution in [-0.2, 0) is 14.8 Å². The molecule has 2 aromatic rings. The first kappa shape index (κ1) is 14.1. The molecule has 110 valence electrons. The van der Waals surface area contributed by atoms with E-state index in [4.69, 9.17) is 5.14 Å². The van der Waals surface area contributed by atoms with Crippen LogP contribution in [-0.4, -0.2) is 36.1 Å². The molecule has 0 aliphatic carbocycles. The van der Waals surface area contributed by atoms with Crippen LogP contribution in [0.5, 0.6) is 0 Å². The van der Waals surface area contributed by atoms with Crippen LogP contribution in [0.3, 0.4) is 0 Å². The number of primary sulfonamides is 1. The summed E-state index contributed by atoms with van der Waals surface area (Å²) in [5, 5.41) is 6.49. The van der Waals surface area contributed by atoms with Crippen molar-refractivity contribution in [2.75, 3.05) is 11.4 Å². The number of hydrogen-bond donors (Lipinski definition) is 1. The summed E-state index contributed by atoms with van der Waals surface area (Å²) in [5.41, 5.74) is 1.36. The van der Waals surface area contributed by atoms with E-state index in [1.165, 1.54) is 16.2 Å². The molecule has 21 heavy (non-hydrogen) atoms. The number of amides is 1. The summed E-state index contributed by atoms with van der Waals surface area (Å²) < 4.78 is 22.7. The molecule has 3 heterocycles. The van der Waals surface area contributed by atoms with Gasteiger partial charge in [-0.15, -0.1) is 11.3 Å². The van der Waals surface area contributed by atoms with Gasteiger partial charge >= 0.3 is 0 Å². The highest BCUT2D eigenvalue weighted by Gasteiger charge is 2.38. The Morgan fingerprint density at radius 3 is 2.76 bits per heavy atom. The Labute approximate surface area is 125 Å². The van der Waals surface area contributed by atoms with Crippen molar-refractivity contribution in [1.82, 2.24) is 9.97 Å². The van der Waals surface area contributed by atoms with Crippen LogP contribution in [0.1, 0.15) is 6.42 Å². The molecule has 0 bridgehead atoms. The van der Waals surface area contributed by atoms with Crippen LogP contribution in [0, 0.1) is 0 Å². The lowest BCUT2D eigenvalue weighted by Gasteiger charge is -2.11. The third kappa shape index (κ3) is 2.80. The van der Waals surface area contributed by atoms with E-state index in [2.05, 4.69) is 9.97 Å². The first-order valence-electron chi connectivity index (χ1n) is 6.14. The maximum Gasteiger partial charge on any atom is 0.230 e. The average Bonchev–Trinajstić information content (AvgIpc) is 3.05. The first-order valence-corrected chi connectivity index (χ1v) is 8.63. The van der Waals surface area contributed by atoms with Crippen molar-refractivity contribution in [2.45, 2.75) is 11.7 Å². The number of hydrogen-bond acceptors (Lipinski definition) is 6. The van der Waals surface area contributed by atoms with Crippen molar-refractivity contribution < 1.29 is 13.2 Å². The van der Waals surface area contributed by atoms with E-state index in [0.717, 1.165) is 0 Å². The van der Waals surface area contributed by atoms with Crippen LogP contribution >= 0.6 is 11.3 Å². The normalized spacial score (nSPS) is 19.2. The van der Waals surface area contributed by atoms with Gasteiger partial charge in [0.15, 0.2) is 5.13 Å². The quantitative estimate of drug-likeness (QED) is 0.890. The van der Waals surface area contributed by atoms with E-state index in [-0.39, 0.29) is 18.9 Å². The SMILES string of the molecule is NS(=O)(=O)C1CC(=O)N(c2nc(-c3ccccn3)cs2)C1. The minimum absolute atomic E-state index is 0.0485. The molecule has 0 radical (unpaired) electrons. The molecule has 0 saturated carbocycles.